The van der Waals surface area contributed by atoms with Gasteiger partial charge in [-0.3, -0.25) is 5.84 Å². The lowest BCUT2D eigenvalue weighted by molar-refractivity contribution is 0.303. The summed E-state index contributed by atoms with van der Waals surface area (Å²) in [5, 5.41) is 1.05. The van der Waals surface area contributed by atoms with Crippen LogP contribution in [0.2, 0.25) is 0 Å². The first-order valence-electron chi connectivity index (χ1n) is 6.41. The number of nitrogens with two attached hydrogens (primary N) is 1. The van der Waals surface area contributed by atoms with Gasteiger partial charge in [-0.25, -0.2) is 10.4 Å². The first-order chi connectivity index (χ1) is 9.26. The lowest BCUT2D eigenvalue weighted by atomic mass is 10.1. The van der Waals surface area contributed by atoms with E-state index in [0.717, 1.165) is 21.2 Å². The van der Waals surface area contributed by atoms with Crippen molar-refractivity contribution in [1.29, 1.82) is 0 Å². The highest BCUT2D eigenvalue weighted by Crippen LogP contribution is 2.30. The lowest BCUT2D eigenvalue weighted by Gasteiger charge is -2.14. The molecule has 5 heteroatoms. The summed E-state index contributed by atoms with van der Waals surface area (Å²) in [6.07, 6.45) is 4.65. The first kappa shape index (κ1) is 12.6. The van der Waals surface area contributed by atoms with E-state index in [2.05, 4.69) is 22.5 Å². The molecule has 0 saturated heterocycles. The molecular weight excluding hydrogens is 258 g/mol. The molecule has 0 aliphatic heterocycles. The predicted octanol–water partition coefficient (Wildman–Crippen LogP) is 2.55. The van der Waals surface area contributed by atoms with Crippen LogP contribution in [0.4, 0.5) is 0 Å². The van der Waals surface area contributed by atoms with Gasteiger partial charge in [0.2, 0.25) is 0 Å². The fourth-order valence-electron chi connectivity index (χ4n) is 1.97. The molecule has 1 aromatic heterocycles. The molecule has 1 saturated carbocycles. The minimum absolute atomic E-state index is 0.0128. The number of hydrazine groups is 1. The van der Waals surface area contributed by atoms with Gasteiger partial charge < -0.3 is 4.74 Å². The molecule has 0 spiro atoms. The van der Waals surface area contributed by atoms with Gasteiger partial charge in [0.1, 0.15) is 5.75 Å². The fourth-order valence-corrected chi connectivity index (χ4v) is 2.84. The largest absolute Gasteiger partial charge is 0.490 e. The third kappa shape index (κ3) is 2.94. The van der Waals surface area contributed by atoms with Crippen molar-refractivity contribution in [3.05, 3.63) is 45.9 Å². The summed E-state index contributed by atoms with van der Waals surface area (Å²) in [4.78, 5) is 5.40. The molecule has 1 aromatic carbocycles. The maximum absolute atomic E-state index is 5.74. The molecule has 100 valence electrons. The second kappa shape index (κ2) is 5.28. The normalized spacial score (nSPS) is 16.3. The van der Waals surface area contributed by atoms with Crippen LogP contribution in [0.5, 0.6) is 5.75 Å². The molecule has 0 bridgehead atoms. The second-order valence-corrected chi connectivity index (χ2v) is 6.03. The number of hydrogen-bond acceptors (Lipinski definition) is 5. The molecule has 1 atom stereocenters. The molecular formula is C14H17N3OS. The van der Waals surface area contributed by atoms with Gasteiger partial charge in [0.25, 0.3) is 0 Å². The number of nitrogens with one attached hydrogen (secondary N) is 1. The van der Waals surface area contributed by atoms with Crippen molar-refractivity contribution in [2.24, 2.45) is 5.84 Å². The molecule has 0 amide bonds. The van der Waals surface area contributed by atoms with Gasteiger partial charge in [-0.05, 0) is 37.5 Å². The van der Waals surface area contributed by atoms with Crippen LogP contribution in [0.15, 0.2) is 30.5 Å². The van der Waals surface area contributed by atoms with Crippen molar-refractivity contribution in [2.75, 3.05) is 0 Å². The predicted molar refractivity (Wildman–Crippen MR) is 76.1 cm³/mol. The summed E-state index contributed by atoms with van der Waals surface area (Å²) < 4.78 is 5.74. The number of hydrogen-bond donors (Lipinski definition) is 2. The third-order valence-corrected chi connectivity index (χ3v) is 4.11. The number of aromatic nitrogens is 1. The molecule has 0 radical (unpaired) electrons. The zero-order valence-electron chi connectivity index (χ0n) is 10.8. The Morgan fingerprint density at radius 3 is 2.63 bits per heavy atom. The van der Waals surface area contributed by atoms with E-state index in [1.54, 1.807) is 11.3 Å². The Hall–Kier alpha value is -1.43. The monoisotopic (exact) mass is 275 g/mol. The summed E-state index contributed by atoms with van der Waals surface area (Å²) in [7, 11) is 0. The minimum Gasteiger partial charge on any atom is -0.490 e. The van der Waals surface area contributed by atoms with Crippen LogP contribution in [-0.4, -0.2) is 11.1 Å². The van der Waals surface area contributed by atoms with Crippen molar-refractivity contribution in [3.8, 4) is 5.75 Å². The highest BCUT2D eigenvalue weighted by molar-refractivity contribution is 7.11. The van der Waals surface area contributed by atoms with E-state index in [4.69, 9.17) is 10.6 Å². The molecule has 4 nitrogen and oxygen atoms in total. The van der Waals surface area contributed by atoms with E-state index in [-0.39, 0.29) is 6.04 Å². The van der Waals surface area contributed by atoms with Crippen LogP contribution >= 0.6 is 11.3 Å². The van der Waals surface area contributed by atoms with Crippen molar-refractivity contribution < 1.29 is 4.74 Å². The highest BCUT2D eigenvalue weighted by atomic mass is 32.1. The van der Waals surface area contributed by atoms with Gasteiger partial charge in [0.05, 0.1) is 17.2 Å². The van der Waals surface area contributed by atoms with Crippen LogP contribution in [-0.2, 0) is 0 Å². The van der Waals surface area contributed by atoms with Crippen LogP contribution < -0.4 is 16.0 Å². The molecule has 1 unspecified atom stereocenters. The van der Waals surface area contributed by atoms with E-state index in [0.29, 0.717) is 6.10 Å². The first-order valence-corrected chi connectivity index (χ1v) is 7.23. The summed E-state index contributed by atoms with van der Waals surface area (Å²) in [5.74, 6) is 6.61. The number of rotatable bonds is 5. The number of nitrogens with zero attached hydrogens (tertiary/aromatic N) is 1. The van der Waals surface area contributed by atoms with Crippen molar-refractivity contribution >= 4 is 11.3 Å². The Morgan fingerprint density at radius 1 is 1.37 bits per heavy atom. The maximum Gasteiger partial charge on any atom is 0.119 e. The van der Waals surface area contributed by atoms with Crippen LogP contribution in [0.1, 0.15) is 34.3 Å². The van der Waals surface area contributed by atoms with E-state index in [9.17, 15) is 0 Å². The zero-order valence-corrected chi connectivity index (χ0v) is 11.6. The van der Waals surface area contributed by atoms with Crippen LogP contribution in [0.3, 0.4) is 0 Å². The van der Waals surface area contributed by atoms with Gasteiger partial charge in [-0.1, -0.05) is 12.1 Å². The molecule has 19 heavy (non-hydrogen) atoms. The summed E-state index contributed by atoms with van der Waals surface area (Å²) in [5.41, 5.74) is 3.97. The van der Waals surface area contributed by atoms with Crippen LogP contribution in [0, 0.1) is 6.92 Å². The van der Waals surface area contributed by atoms with Crippen molar-refractivity contribution in [3.63, 3.8) is 0 Å². The number of benzene rings is 1. The van der Waals surface area contributed by atoms with Gasteiger partial charge in [0.15, 0.2) is 0 Å². The molecule has 1 fully saturated rings. The Labute approximate surface area is 116 Å². The van der Waals surface area contributed by atoms with E-state index >= 15 is 0 Å². The third-order valence-electron chi connectivity index (χ3n) is 3.13. The minimum atomic E-state index is -0.0128. The topological polar surface area (TPSA) is 60.2 Å². The summed E-state index contributed by atoms with van der Waals surface area (Å²) >= 11 is 1.66. The fraction of sp³-hybridized carbons (Fsp3) is 0.357. The Kier molecular flexibility index (Phi) is 3.50. The average Bonchev–Trinajstić information content (AvgIpc) is 3.13. The molecule has 3 N–H and O–H groups in total. The van der Waals surface area contributed by atoms with Crippen molar-refractivity contribution in [2.45, 2.75) is 31.9 Å². The van der Waals surface area contributed by atoms with Gasteiger partial charge in [-0.2, -0.15) is 0 Å². The van der Waals surface area contributed by atoms with E-state index < -0.39 is 0 Å². The Bertz CT molecular complexity index is 548. The lowest BCUT2D eigenvalue weighted by Crippen LogP contribution is -2.28. The van der Waals surface area contributed by atoms with Gasteiger partial charge in [0, 0.05) is 11.1 Å². The maximum atomic E-state index is 5.74. The number of ether oxygens (including phenoxy) is 1. The standard InChI is InChI=1S/C14H17N3OS/c1-9-16-8-13(19-9)14(17-15)10-2-4-11(5-3-10)18-12-6-7-12/h2-5,8,12,14,17H,6-7,15H2,1H3. The zero-order chi connectivity index (χ0) is 13.2. The molecule has 2 aromatic rings. The quantitative estimate of drug-likeness (QED) is 0.650. The molecule has 1 aliphatic carbocycles. The SMILES string of the molecule is Cc1ncc(C(NN)c2ccc(OC3CC3)cc2)s1. The molecule has 1 aliphatic rings. The number of aryl methyl sites for hydroxylation is 1. The van der Waals surface area contributed by atoms with Crippen molar-refractivity contribution in [1.82, 2.24) is 10.4 Å². The molecule has 1 heterocycles. The summed E-state index contributed by atoms with van der Waals surface area (Å²) in [6.45, 7) is 1.99. The Balaban J connectivity index is 1.78. The van der Waals surface area contributed by atoms with Gasteiger partial charge in [-0.15, -0.1) is 11.3 Å². The highest BCUT2D eigenvalue weighted by Gasteiger charge is 2.23. The van der Waals surface area contributed by atoms with E-state index in [1.807, 2.05) is 25.3 Å². The second-order valence-electron chi connectivity index (χ2n) is 4.77. The molecule has 3 rings (SSSR count). The Morgan fingerprint density at radius 2 is 2.11 bits per heavy atom. The summed E-state index contributed by atoms with van der Waals surface area (Å²) in [6, 6.07) is 8.10. The van der Waals surface area contributed by atoms with Gasteiger partial charge >= 0.3 is 0 Å². The number of thiazole rings is 1. The average molecular weight is 275 g/mol. The van der Waals surface area contributed by atoms with Crippen LogP contribution in [0.25, 0.3) is 0 Å². The van der Waals surface area contributed by atoms with E-state index in [1.165, 1.54) is 12.8 Å². The smallest absolute Gasteiger partial charge is 0.119 e.